The molecule has 2 saturated heterocycles. The number of amides is 4. The largest absolute Gasteiger partial charge is 0.493 e. The predicted molar refractivity (Wildman–Crippen MR) is 89.0 cm³/mol. The maximum atomic E-state index is 12.5. The highest BCUT2D eigenvalue weighted by atomic mass is 19.4. The summed E-state index contributed by atoms with van der Waals surface area (Å²) >= 11 is 0. The Hall–Kier alpha value is -2.85. The van der Waals surface area contributed by atoms with E-state index in [4.69, 9.17) is 9.47 Å². The van der Waals surface area contributed by atoms with E-state index in [-0.39, 0.29) is 29.3 Å². The summed E-state index contributed by atoms with van der Waals surface area (Å²) in [4.78, 5) is 27.3. The standard InChI is InChI=1S/C16H19F3N4O4/c1-26-12-3-2-10(6-13(12)27-9-16(17,18)19)21-15(25)22-4-5-23-11(8-22)7-20-14(23)24/h2-3,6,11H,4-5,7-9H2,1H3,(H,20,24)(H,21,25). The van der Waals surface area contributed by atoms with Gasteiger partial charge in [0.25, 0.3) is 0 Å². The van der Waals surface area contributed by atoms with Crippen molar-refractivity contribution in [2.24, 2.45) is 0 Å². The normalized spacial score (nSPS) is 19.4. The van der Waals surface area contributed by atoms with Gasteiger partial charge in [-0.05, 0) is 12.1 Å². The van der Waals surface area contributed by atoms with Crippen LogP contribution in [0.15, 0.2) is 18.2 Å². The van der Waals surface area contributed by atoms with Gasteiger partial charge in [0.2, 0.25) is 0 Å². The molecule has 8 nitrogen and oxygen atoms in total. The zero-order chi connectivity index (χ0) is 19.6. The Morgan fingerprint density at radius 1 is 1.33 bits per heavy atom. The van der Waals surface area contributed by atoms with Crippen LogP contribution in [0.2, 0.25) is 0 Å². The first-order valence-corrected chi connectivity index (χ1v) is 8.25. The molecule has 3 rings (SSSR count). The topological polar surface area (TPSA) is 83.1 Å². The Kier molecular flexibility index (Phi) is 5.19. The van der Waals surface area contributed by atoms with Crippen LogP contribution >= 0.6 is 0 Å². The molecule has 0 aromatic heterocycles. The Morgan fingerprint density at radius 3 is 2.81 bits per heavy atom. The molecule has 27 heavy (non-hydrogen) atoms. The minimum Gasteiger partial charge on any atom is -0.493 e. The van der Waals surface area contributed by atoms with Crippen LogP contribution in [0.4, 0.5) is 28.4 Å². The van der Waals surface area contributed by atoms with Gasteiger partial charge in [-0.2, -0.15) is 13.2 Å². The van der Waals surface area contributed by atoms with Gasteiger partial charge in [-0.3, -0.25) is 0 Å². The van der Waals surface area contributed by atoms with E-state index in [1.165, 1.54) is 25.3 Å². The van der Waals surface area contributed by atoms with E-state index in [0.29, 0.717) is 26.2 Å². The molecule has 1 aromatic carbocycles. The van der Waals surface area contributed by atoms with Gasteiger partial charge in [-0.25, -0.2) is 9.59 Å². The van der Waals surface area contributed by atoms with Crippen LogP contribution in [0.1, 0.15) is 0 Å². The lowest BCUT2D eigenvalue weighted by Gasteiger charge is -2.36. The molecule has 2 heterocycles. The number of fused-ring (bicyclic) bond motifs is 1. The number of alkyl halides is 3. The summed E-state index contributed by atoms with van der Waals surface area (Å²) in [6, 6.07) is 3.58. The van der Waals surface area contributed by atoms with Crippen molar-refractivity contribution >= 4 is 17.7 Å². The molecule has 0 aliphatic carbocycles. The van der Waals surface area contributed by atoms with Crippen molar-refractivity contribution in [1.29, 1.82) is 0 Å². The molecule has 2 aliphatic rings. The Balaban J connectivity index is 1.64. The number of rotatable bonds is 4. The summed E-state index contributed by atoms with van der Waals surface area (Å²) in [5.41, 5.74) is 0.279. The van der Waals surface area contributed by atoms with E-state index in [0.717, 1.165) is 0 Å². The van der Waals surface area contributed by atoms with Gasteiger partial charge in [0, 0.05) is 37.9 Å². The van der Waals surface area contributed by atoms with Gasteiger partial charge < -0.3 is 29.9 Å². The monoisotopic (exact) mass is 388 g/mol. The number of nitrogens with zero attached hydrogens (tertiary/aromatic N) is 2. The molecule has 11 heteroatoms. The first-order chi connectivity index (χ1) is 12.8. The fraction of sp³-hybridized carbons (Fsp3) is 0.500. The number of carbonyl (C=O) groups excluding carboxylic acids is 2. The number of carbonyl (C=O) groups is 2. The number of anilines is 1. The molecule has 2 aliphatic heterocycles. The van der Waals surface area contributed by atoms with Crippen LogP contribution < -0.4 is 20.1 Å². The fourth-order valence-electron chi connectivity index (χ4n) is 3.02. The number of hydrogen-bond acceptors (Lipinski definition) is 4. The highest BCUT2D eigenvalue weighted by Gasteiger charge is 2.37. The highest BCUT2D eigenvalue weighted by molar-refractivity contribution is 5.90. The Labute approximate surface area is 153 Å². The van der Waals surface area contributed by atoms with Gasteiger partial charge in [-0.1, -0.05) is 0 Å². The Morgan fingerprint density at radius 2 is 2.11 bits per heavy atom. The molecular weight excluding hydrogens is 369 g/mol. The van der Waals surface area contributed by atoms with E-state index in [9.17, 15) is 22.8 Å². The van der Waals surface area contributed by atoms with E-state index >= 15 is 0 Å². The minimum absolute atomic E-state index is 0.0847. The molecule has 1 unspecified atom stereocenters. The molecule has 148 valence electrons. The molecule has 0 saturated carbocycles. The zero-order valence-corrected chi connectivity index (χ0v) is 14.5. The number of hydrogen-bond donors (Lipinski definition) is 2. The first-order valence-electron chi connectivity index (χ1n) is 8.25. The second-order valence-corrected chi connectivity index (χ2v) is 6.18. The first kappa shape index (κ1) is 18.9. The SMILES string of the molecule is COc1ccc(NC(=O)N2CCN3C(=O)NCC3C2)cc1OCC(F)(F)F. The van der Waals surface area contributed by atoms with Gasteiger partial charge in [-0.15, -0.1) is 0 Å². The Bertz CT molecular complexity index is 728. The third kappa shape index (κ3) is 4.47. The molecular formula is C16H19F3N4O4. The van der Waals surface area contributed by atoms with Crippen molar-refractivity contribution in [3.63, 3.8) is 0 Å². The predicted octanol–water partition coefficient (Wildman–Crippen LogP) is 1.88. The fourth-order valence-corrected chi connectivity index (χ4v) is 3.02. The molecule has 1 atom stereocenters. The number of methoxy groups -OCH3 is 1. The van der Waals surface area contributed by atoms with E-state index in [1.54, 1.807) is 9.80 Å². The van der Waals surface area contributed by atoms with Crippen LogP contribution in [0, 0.1) is 0 Å². The van der Waals surface area contributed by atoms with Crippen LogP contribution in [0.5, 0.6) is 11.5 Å². The molecule has 0 bridgehead atoms. The van der Waals surface area contributed by atoms with Crippen molar-refractivity contribution in [2.45, 2.75) is 12.2 Å². The summed E-state index contributed by atoms with van der Waals surface area (Å²) in [5, 5.41) is 5.36. The quantitative estimate of drug-likeness (QED) is 0.825. The number of nitrogens with one attached hydrogen (secondary N) is 2. The van der Waals surface area contributed by atoms with Gasteiger partial charge in [0.05, 0.1) is 13.2 Å². The van der Waals surface area contributed by atoms with E-state index in [1.807, 2.05) is 0 Å². The van der Waals surface area contributed by atoms with Crippen LogP contribution in [-0.2, 0) is 0 Å². The molecule has 2 fully saturated rings. The number of benzene rings is 1. The average molecular weight is 388 g/mol. The molecule has 4 amide bonds. The lowest BCUT2D eigenvalue weighted by Crippen LogP contribution is -2.54. The second kappa shape index (κ2) is 7.41. The number of ether oxygens (including phenoxy) is 2. The highest BCUT2D eigenvalue weighted by Crippen LogP contribution is 2.32. The summed E-state index contributed by atoms with van der Waals surface area (Å²) in [6.45, 7) is 0.167. The minimum atomic E-state index is -4.49. The van der Waals surface area contributed by atoms with Gasteiger partial charge >= 0.3 is 18.2 Å². The van der Waals surface area contributed by atoms with E-state index in [2.05, 4.69) is 10.6 Å². The molecule has 0 spiro atoms. The summed E-state index contributed by atoms with van der Waals surface area (Å²) in [6.07, 6.45) is -4.49. The van der Waals surface area contributed by atoms with Crippen molar-refractivity contribution in [3.05, 3.63) is 18.2 Å². The van der Waals surface area contributed by atoms with E-state index < -0.39 is 18.8 Å². The number of halogens is 3. The van der Waals surface area contributed by atoms with Crippen LogP contribution in [0.25, 0.3) is 0 Å². The summed E-state index contributed by atoms with van der Waals surface area (Å²) in [7, 11) is 1.31. The zero-order valence-electron chi connectivity index (χ0n) is 14.5. The van der Waals surface area contributed by atoms with Crippen molar-refractivity contribution in [1.82, 2.24) is 15.1 Å². The van der Waals surface area contributed by atoms with Crippen molar-refractivity contribution < 1.29 is 32.2 Å². The second-order valence-electron chi connectivity index (χ2n) is 6.18. The van der Waals surface area contributed by atoms with Crippen molar-refractivity contribution in [2.75, 3.05) is 45.2 Å². The number of piperazine rings is 1. The molecule has 1 aromatic rings. The summed E-state index contributed by atoms with van der Waals surface area (Å²) < 4.78 is 46.9. The van der Waals surface area contributed by atoms with Crippen LogP contribution in [0.3, 0.4) is 0 Å². The number of urea groups is 2. The average Bonchev–Trinajstić information content (AvgIpc) is 3.00. The lowest BCUT2D eigenvalue weighted by molar-refractivity contribution is -0.153. The van der Waals surface area contributed by atoms with Crippen LogP contribution in [-0.4, -0.2) is 74.0 Å². The smallest absolute Gasteiger partial charge is 0.422 e. The maximum Gasteiger partial charge on any atom is 0.422 e. The van der Waals surface area contributed by atoms with Gasteiger partial charge in [0.15, 0.2) is 18.1 Å². The summed E-state index contributed by atoms with van der Waals surface area (Å²) in [5.74, 6) is 0.00411. The van der Waals surface area contributed by atoms with Gasteiger partial charge in [0.1, 0.15) is 0 Å². The third-order valence-electron chi connectivity index (χ3n) is 4.33. The lowest BCUT2D eigenvalue weighted by atomic mass is 10.2. The maximum absolute atomic E-state index is 12.5. The third-order valence-corrected chi connectivity index (χ3v) is 4.33. The van der Waals surface area contributed by atoms with Crippen molar-refractivity contribution in [3.8, 4) is 11.5 Å². The molecule has 2 N–H and O–H groups in total. The molecule has 0 radical (unpaired) electrons.